The van der Waals surface area contributed by atoms with E-state index in [0.717, 1.165) is 19.3 Å². The molecule has 1 rings (SSSR count). The summed E-state index contributed by atoms with van der Waals surface area (Å²) in [6.07, 6.45) is 2.22. The molecule has 1 fully saturated rings. The summed E-state index contributed by atoms with van der Waals surface area (Å²) in [7, 11) is 3.43. The van der Waals surface area contributed by atoms with Crippen molar-refractivity contribution in [2.45, 2.75) is 39.2 Å². The molecule has 1 aliphatic heterocycles. The van der Waals surface area contributed by atoms with Gasteiger partial charge in [0.1, 0.15) is 6.54 Å². The Morgan fingerprint density at radius 3 is 2.48 bits per heavy atom. The van der Waals surface area contributed by atoms with Crippen molar-refractivity contribution in [2.75, 3.05) is 60.1 Å². The zero-order valence-corrected chi connectivity index (χ0v) is 17.1. The number of likely N-dealkylation sites (N-methyl/N-ethyl adjacent to an activating group) is 1. The van der Waals surface area contributed by atoms with E-state index in [1.807, 2.05) is 6.92 Å². The van der Waals surface area contributed by atoms with Gasteiger partial charge in [-0.05, 0) is 33.1 Å². The first-order valence-electron chi connectivity index (χ1n) is 9.72. The lowest BCUT2D eigenvalue weighted by atomic mass is 10.1. The van der Waals surface area contributed by atoms with E-state index in [2.05, 4.69) is 15.6 Å². The van der Waals surface area contributed by atoms with Gasteiger partial charge in [0.25, 0.3) is 0 Å². The van der Waals surface area contributed by atoms with E-state index < -0.39 is 0 Å². The predicted octanol–water partition coefficient (Wildman–Crippen LogP) is 0.657. The van der Waals surface area contributed by atoms with Crippen LogP contribution >= 0.6 is 0 Å². The first-order valence-corrected chi connectivity index (χ1v) is 9.72. The van der Waals surface area contributed by atoms with Gasteiger partial charge in [-0.15, -0.1) is 0 Å². The summed E-state index contributed by atoms with van der Waals surface area (Å²) in [4.78, 5) is 31.3. The number of carbonyl (C=O) groups is 2. The molecule has 0 atom stereocenters. The van der Waals surface area contributed by atoms with E-state index in [1.54, 1.807) is 25.9 Å². The number of aliphatic imine (C=N–C) groups is 1. The Kier molecular flexibility index (Phi) is 11.2. The number of nitrogens with zero attached hydrogens (tertiary/aromatic N) is 3. The highest BCUT2D eigenvalue weighted by atomic mass is 16.6. The molecule has 27 heavy (non-hydrogen) atoms. The van der Waals surface area contributed by atoms with Gasteiger partial charge >= 0.3 is 6.09 Å². The van der Waals surface area contributed by atoms with Gasteiger partial charge in [-0.3, -0.25) is 4.79 Å². The molecule has 156 valence electrons. The van der Waals surface area contributed by atoms with Crippen LogP contribution in [0.25, 0.3) is 0 Å². The minimum absolute atomic E-state index is 0.0532. The lowest BCUT2D eigenvalue weighted by molar-refractivity contribution is -0.127. The minimum Gasteiger partial charge on any atom is -0.450 e. The molecule has 0 aromatic rings. The quantitative estimate of drug-likeness (QED) is 0.344. The monoisotopic (exact) mass is 385 g/mol. The number of carbonyl (C=O) groups excluding carboxylic acids is 2. The number of hydrogen-bond acceptors (Lipinski definition) is 5. The Morgan fingerprint density at radius 2 is 1.89 bits per heavy atom. The highest BCUT2D eigenvalue weighted by Gasteiger charge is 2.24. The average Bonchev–Trinajstić information content (AvgIpc) is 2.66. The topological polar surface area (TPSA) is 95.5 Å². The fraction of sp³-hybridized carbons (Fsp3) is 0.833. The van der Waals surface area contributed by atoms with Crippen LogP contribution in [-0.4, -0.2) is 93.9 Å². The predicted molar refractivity (Wildman–Crippen MR) is 105 cm³/mol. The zero-order valence-electron chi connectivity index (χ0n) is 17.1. The van der Waals surface area contributed by atoms with Gasteiger partial charge in [0.15, 0.2) is 5.96 Å². The molecule has 0 spiro atoms. The first-order chi connectivity index (χ1) is 13.0. The molecule has 9 nitrogen and oxygen atoms in total. The minimum atomic E-state index is -0.254. The molecule has 2 N–H and O–H groups in total. The fourth-order valence-corrected chi connectivity index (χ4v) is 2.58. The van der Waals surface area contributed by atoms with Crippen molar-refractivity contribution in [3.05, 3.63) is 0 Å². The molecule has 0 aromatic heterocycles. The van der Waals surface area contributed by atoms with Crippen molar-refractivity contribution in [1.82, 2.24) is 20.4 Å². The number of piperidine rings is 1. The third kappa shape index (κ3) is 9.46. The van der Waals surface area contributed by atoms with Crippen LogP contribution in [0.5, 0.6) is 0 Å². The van der Waals surface area contributed by atoms with E-state index in [9.17, 15) is 9.59 Å². The molecule has 1 saturated heterocycles. The Balaban J connectivity index is 2.51. The van der Waals surface area contributed by atoms with Crippen molar-refractivity contribution < 1.29 is 19.1 Å². The van der Waals surface area contributed by atoms with Crippen molar-refractivity contribution >= 4 is 18.0 Å². The Morgan fingerprint density at radius 1 is 1.19 bits per heavy atom. The summed E-state index contributed by atoms with van der Waals surface area (Å²) < 4.78 is 10.4. The maximum Gasteiger partial charge on any atom is 0.409 e. The summed E-state index contributed by atoms with van der Waals surface area (Å²) in [5, 5.41) is 6.64. The molecule has 1 aliphatic rings. The second kappa shape index (κ2) is 13.2. The lowest BCUT2D eigenvalue weighted by Crippen LogP contribution is -2.50. The molecule has 0 aliphatic carbocycles. The maximum atomic E-state index is 11.8. The van der Waals surface area contributed by atoms with Gasteiger partial charge in [0, 0.05) is 53.0 Å². The number of ether oxygens (including phenoxy) is 2. The summed E-state index contributed by atoms with van der Waals surface area (Å²) in [5.74, 6) is 0.568. The van der Waals surface area contributed by atoms with Gasteiger partial charge < -0.3 is 29.9 Å². The molecular weight excluding hydrogens is 350 g/mol. The number of guanidine groups is 1. The van der Waals surface area contributed by atoms with Crippen LogP contribution in [0.2, 0.25) is 0 Å². The summed E-state index contributed by atoms with van der Waals surface area (Å²) in [6, 6.07) is 0.197. The van der Waals surface area contributed by atoms with Crippen LogP contribution < -0.4 is 10.6 Å². The second-order valence-electron chi connectivity index (χ2n) is 6.53. The molecule has 9 heteroatoms. The van der Waals surface area contributed by atoms with E-state index in [4.69, 9.17) is 9.47 Å². The molecule has 0 bridgehead atoms. The lowest BCUT2D eigenvalue weighted by Gasteiger charge is -2.32. The number of nitrogens with one attached hydrogen (secondary N) is 2. The molecule has 0 aromatic carbocycles. The Hall–Kier alpha value is -2.03. The molecular formula is C18H35N5O4. The van der Waals surface area contributed by atoms with Gasteiger partial charge in [-0.2, -0.15) is 0 Å². The van der Waals surface area contributed by atoms with Gasteiger partial charge in [-0.1, -0.05) is 0 Å². The standard InChI is InChI=1S/C18H35N5O4/c1-5-26-13-7-10-19-17(20-14-16(24)22(3)4)21-15-8-11-23(12-9-15)18(25)27-6-2/h15H,5-14H2,1-4H3,(H2,19,20,21). The smallest absolute Gasteiger partial charge is 0.409 e. The van der Waals surface area contributed by atoms with E-state index >= 15 is 0 Å². The largest absolute Gasteiger partial charge is 0.450 e. The molecule has 0 unspecified atom stereocenters. The molecule has 2 amide bonds. The average molecular weight is 386 g/mol. The molecule has 0 radical (unpaired) electrons. The third-order valence-electron chi connectivity index (χ3n) is 4.20. The normalized spacial score (nSPS) is 15.4. The highest BCUT2D eigenvalue weighted by molar-refractivity contribution is 5.85. The van der Waals surface area contributed by atoms with Crippen LogP contribution in [0.3, 0.4) is 0 Å². The van der Waals surface area contributed by atoms with Gasteiger partial charge in [0.05, 0.1) is 6.61 Å². The van der Waals surface area contributed by atoms with Crippen molar-refractivity contribution in [2.24, 2.45) is 4.99 Å². The van der Waals surface area contributed by atoms with Crippen LogP contribution in [0, 0.1) is 0 Å². The Bertz CT molecular complexity index is 476. The number of likely N-dealkylation sites (tertiary alicyclic amines) is 1. The van der Waals surface area contributed by atoms with Crippen LogP contribution in [-0.2, 0) is 14.3 Å². The maximum absolute atomic E-state index is 11.8. The SMILES string of the molecule is CCOCCCNC(=NCC(=O)N(C)C)NC1CCN(C(=O)OCC)CC1. The van der Waals surface area contributed by atoms with Crippen LogP contribution in [0.4, 0.5) is 4.79 Å². The second-order valence-corrected chi connectivity index (χ2v) is 6.53. The van der Waals surface area contributed by atoms with Crippen molar-refractivity contribution in [3.8, 4) is 0 Å². The molecule has 0 saturated carbocycles. The van der Waals surface area contributed by atoms with Crippen LogP contribution in [0.15, 0.2) is 4.99 Å². The fourth-order valence-electron chi connectivity index (χ4n) is 2.58. The summed E-state index contributed by atoms with van der Waals surface area (Å²) >= 11 is 0. The van der Waals surface area contributed by atoms with E-state index in [0.29, 0.717) is 45.4 Å². The van der Waals surface area contributed by atoms with E-state index in [-0.39, 0.29) is 24.6 Å². The number of rotatable bonds is 9. The zero-order chi connectivity index (χ0) is 20.1. The molecule has 1 heterocycles. The summed E-state index contributed by atoms with van der Waals surface area (Å²) in [6.45, 7) is 7.65. The Labute approximate surface area is 162 Å². The summed E-state index contributed by atoms with van der Waals surface area (Å²) in [5.41, 5.74) is 0. The van der Waals surface area contributed by atoms with Crippen molar-refractivity contribution in [1.29, 1.82) is 0 Å². The van der Waals surface area contributed by atoms with Gasteiger partial charge in [-0.25, -0.2) is 9.79 Å². The number of amides is 2. The highest BCUT2D eigenvalue weighted by Crippen LogP contribution is 2.11. The number of hydrogen-bond donors (Lipinski definition) is 2. The third-order valence-corrected chi connectivity index (χ3v) is 4.20. The van der Waals surface area contributed by atoms with Gasteiger partial charge in [0.2, 0.25) is 5.91 Å². The van der Waals surface area contributed by atoms with Crippen LogP contribution in [0.1, 0.15) is 33.1 Å². The van der Waals surface area contributed by atoms with Crippen molar-refractivity contribution in [3.63, 3.8) is 0 Å². The first kappa shape index (κ1) is 23.0. The van der Waals surface area contributed by atoms with E-state index in [1.165, 1.54) is 4.90 Å².